The number of aryl methyl sites for hydroxylation is 1. The highest BCUT2D eigenvalue weighted by Gasteiger charge is 2.42. The van der Waals surface area contributed by atoms with Gasteiger partial charge in [0.15, 0.2) is 0 Å². The molecule has 1 aromatic rings. The molecular weight excluding hydrogens is 216 g/mol. The fraction of sp³-hybridized carbons (Fsp3) is 0.692. The molecule has 90 valence electrons. The molecule has 1 aliphatic rings. The molecule has 1 atom stereocenters. The second-order valence-electron chi connectivity index (χ2n) is 5.15. The molecule has 1 aromatic heterocycles. The van der Waals surface area contributed by atoms with Crippen LogP contribution in [0, 0.1) is 6.92 Å². The lowest BCUT2D eigenvalue weighted by molar-refractivity contribution is 0.124. The normalized spacial score (nSPS) is 21.6. The maximum Gasteiger partial charge on any atom is 0.0579 e. The van der Waals surface area contributed by atoms with Crippen molar-refractivity contribution in [2.45, 2.75) is 44.2 Å². The zero-order chi connectivity index (χ0) is 11.8. The molecule has 0 bridgehead atoms. The summed E-state index contributed by atoms with van der Waals surface area (Å²) in [5.74, 6) is 0. The maximum atomic E-state index is 6.55. The molecule has 1 aliphatic carbocycles. The number of rotatable bonds is 3. The predicted octanol–water partition coefficient (Wildman–Crippen LogP) is 2.93. The maximum absolute atomic E-state index is 6.55. The molecule has 16 heavy (non-hydrogen) atoms. The summed E-state index contributed by atoms with van der Waals surface area (Å²) in [4.78, 5) is 3.72. The van der Waals surface area contributed by atoms with Crippen LogP contribution in [0.5, 0.6) is 0 Å². The van der Waals surface area contributed by atoms with Crippen LogP contribution in [0.3, 0.4) is 0 Å². The first-order valence-corrected chi connectivity index (χ1v) is 6.93. The summed E-state index contributed by atoms with van der Waals surface area (Å²) in [5.41, 5.74) is 8.09. The molecule has 1 fully saturated rings. The van der Waals surface area contributed by atoms with Gasteiger partial charge < -0.3 is 10.6 Å². The lowest BCUT2D eigenvalue weighted by atomic mass is 9.85. The smallest absolute Gasteiger partial charge is 0.0579 e. The molecular formula is C13H22N2S. The molecule has 0 spiro atoms. The number of thiophene rings is 1. The summed E-state index contributed by atoms with van der Waals surface area (Å²) in [5, 5.41) is 2.16. The number of likely N-dealkylation sites (N-methyl/N-ethyl adjacent to an activating group) is 1. The Balaban J connectivity index is 2.31. The minimum Gasteiger partial charge on any atom is -0.322 e. The van der Waals surface area contributed by atoms with E-state index in [0.29, 0.717) is 0 Å². The van der Waals surface area contributed by atoms with Crippen LogP contribution in [0.15, 0.2) is 11.4 Å². The third kappa shape index (κ3) is 1.81. The van der Waals surface area contributed by atoms with Crippen molar-refractivity contribution in [2.75, 3.05) is 14.1 Å². The van der Waals surface area contributed by atoms with E-state index in [-0.39, 0.29) is 11.6 Å². The van der Waals surface area contributed by atoms with Crippen LogP contribution in [0.1, 0.15) is 42.2 Å². The van der Waals surface area contributed by atoms with Gasteiger partial charge in [0.1, 0.15) is 0 Å². The topological polar surface area (TPSA) is 29.3 Å². The van der Waals surface area contributed by atoms with Crippen LogP contribution < -0.4 is 5.73 Å². The summed E-state index contributed by atoms with van der Waals surface area (Å²) in [6, 6.07) is 2.35. The third-order valence-corrected chi connectivity index (χ3v) is 5.23. The number of nitrogens with zero attached hydrogens (tertiary/aromatic N) is 1. The van der Waals surface area contributed by atoms with Crippen LogP contribution in [-0.2, 0) is 0 Å². The standard InChI is InChI=1S/C13H22N2S/c1-10-6-9-16-11(10)12(14)13(15(2)3)7-4-5-8-13/h6,9,12H,4-5,7-8,14H2,1-3H3. The Labute approximate surface area is 102 Å². The molecule has 0 amide bonds. The van der Waals surface area contributed by atoms with Crippen LogP contribution >= 0.6 is 11.3 Å². The lowest BCUT2D eigenvalue weighted by Gasteiger charge is -2.41. The Morgan fingerprint density at radius 1 is 1.38 bits per heavy atom. The minimum atomic E-state index is 0.171. The van der Waals surface area contributed by atoms with E-state index < -0.39 is 0 Å². The summed E-state index contributed by atoms with van der Waals surface area (Å²) in [6.45, 7) is 2.17. The van der Waals surface area contributed by atoms with Crippen molar-refractivity contribution in [3.8, 4) is 0 Å². The average molecular weight is 238 g/mol. The van der Waals surface area contributed by atoms with Crippen molar-refractivity contribution in [2.24, 2.45) is 5.73 Å². The van der Waals surface area contributed by atoms with Gasteiger partial charge in [-0.25, -0.2) is 0 Å². The zero-order valence-electron chi connectivity index (χ0n) is 10.5. The molecule has 2 nitrogen and oxygen atoms in total. The van der Waals surface area contributed by atoms with E-state index in [1.54, 1.807) is 0 Å². The molecule has 2 rings (SSSR count). The Hall–Kier alpha value is -0.380. The molecule has 0 aliphatic heterocycles. The van der Waals surface area contributed by atoms with E-state index >= 15 is 0 Å². The molecule has 1 unspecified atom stereocenters. The van der Waals surface area contributed by atoms with E-state index in [1.807, 2.05) is 11.3 Å². The second-order valence-corrected chi connectivity index (χ2v) is 6.10. The fourth-order valence-corrected chi connectivity index (χ4v) is 4.01. The van der Waals surface area contributed by atoms with Gasteiger partial charge in [-0.15, -0.1) is 11.3 Å². The van der Waals surface area contributed by atoms with E-state index in [4.69, 9.17) is 5.73 Å². The summed E-state index contributed by atoms with van der Waals surface area (Å²) in [7, 11) is 4.35. The second kappa shape index (κ2) is 4.47. The molecule has 1 saturated carbocycles. The Bertz CT molecular complexity index is 351. The number of hydrogen-bond acceptors (Lipinski definition) is 3. The van der Waals surface area contributed by atoms with Gasteiger partial charge in [-0.2, -0.15) is 0 Å². The highest BCUT2D eigenvalue weighted by atomic mass is 32.1. The summed E-state index contributed by atoms with van der Waals surface area (Å²) in [6.07, 6.45) is 5.10. The van der Waals surface area contributed by atoms with Gasteiger partial charge >= 0.3 is 0 Å². The van der Waals surface area contributed by atoms with Crippen LogP contribution in [0.4, 0.5) is 0 Å². The third-order valence-electron chi connectivity index (χ3n) is 4.12. The molecule has 0 saturated heterocycles. The van der Waals surface area contributed by atoms with E-state index in [2.05, 4.69) is 37.4 Å². The Kier molecular flexibility index (Phi) is 3.38. The number of hydrogen-bond donors (Lipinski definition) is 1. The Morgan fingerprint density at radius 2 is 2.00 bits per heavy atom. The molecule has 0 aromatic carbocycles. The zero-order valence-corrected chi connectivity index (χ0v) is 11.3. The summed E-state index contributed by atoms with van der Waals surface area (Å²) < 4.78 is 0. The van der Waals surface area contributed by atoms with Crippen molar-refractivity contribution in [3.05, 3.63) is 21.9 Å². The lowest BCUT2D eigenvalue weighted by Crippen LogP contribution is -2.50. The first kappa shape index (κ1) is 12.1. The van der Waals surface area contributed by atoms with Crippen molar-refractivity contribution >= 4 is 11.3 Å². The first-order valence-electron chi connectivity index (χ1n) is 6.05. The average Bonchev–Trinajstić information content (AvgIpc) is 2.85. The van der Waals surface area contributed by atoms with Crippen molar-refractivity contribution in [1.29, 1.82) is 0 Å². The SMILES string of the molecule is Cc1ccsc1C(N)C1(N(C)C)CCCC1. The van der Waals surface area contributed by atoms with E-state index in [1.165, 1.54) is 36.1 Å². The highest BCUT2D eigenvalue weighted by Crippen LogP contribution is 2.43. The van der Waals surface area contributed by atoms with Gasteiger partial charge in [-0.1, -0.05) is 12.8 Å². The Morgan fingerprint density at radius 3 is 2.44 bits per heavy atom. The van der Waals surface area contributed by atoms with Gasteiger partial charge in [-0.3, -0.25) is 0 Å². The monoisotopic (exact) mass is 238 g/mol. The fourth-order valence-electron chi connectivity index (χ4n) is 2.97. The van der Waals surface area contributed by atoms with Crippen LogP contribution in [0.25, 0.3) is 0 Å². The van der Waals surface area contributed by atoms with E-state index in [0.717, 1.165) is 0 Å². The van der Waals surface area contributed by atoms with Gasteiger partial charge in [0.2, 0.25) is 0 Å². The molecule has 0 radical (unpaired) electrons. The van der Waals surface area contributed by atoms with Crippen molar-refractivity contribution in [1.82, 2.24) is 4.90 Å². The highest BCUT2D eigenvalue weighted by molar-refractivity contribution is 7.10. The molecule has 1 heterocycles. The molecule has 3 heteroatoms. The minimum absolute atomic E-state index is 0.171. The largest absolute Gasteiger partial charge is 0.322 e. The van der Waals surface area contributed by atoms with Crippen LogP contribution in [-0.4, -0.2) is 24.5 Å². The van der Waals surface area contributed by atoms with Crippen molar-refractivity contribution < 1.29 is 0 Å². The van der Waals surface area contributed by atoms with Gasteiger partial charge in [-0.05, 0) is 50.9 Å². The van der Waals surface area contributed by atoms with Gasteiger partial charge in [0, 0.05) is 10.4 Å². The van der Waals surface area contributed by atoms with E-state index in [9.17, 15) is 0 Å². The first-order chi connectivity index (χ1) is 7.58. The predicted molar refractivity (Wildman–Crippen MR) is 70.9 cm³/mol. The molecule has 2 N–H and O–H groups in total. The van der Waals surface area contributed by atoms with Crippen LogP contribution in [0.2, 0.25) is 0 Å². The van der Waals surface area contributed by atoms with Gasteiger partial charge in [0.05, 0.1) is 6.04 Å². The van der Waals surface area contributed by atoms with Crippen molar-refractivity contribution in [3.63, 3.8) is 0 Å². The van der Waals surface area contributed by atoms with Gasteiger partial charge in [0.25, 0.3) is 0 Å². The summed E-state index contributed by atoms with van der Waals surface area (Å²) >= 11 is 1.81. The number of nitrogens with two attached hydrogens (primary N) is 1. The quantitative estimate of drug-likeness (QED) is 0.877.